The molecule has 0 radical (unpaired) electrons. The van der Waals surface area contributed by atoms with Crippen LogP contribution < -0.4 is 4.74 Å². The van der Waals surface area contributed by atoms with Crippen molar-refractivity contribution >= 4 is 35.7 Å². The minimum Gasteiger partial charge on any atom is -0.496 e. The number of hydrogen-bond acceptors (Lipinski definition) is 6. The van der Waals surface area contributed by atoms with E-state index in [4.69, 9.17) is 30.6 Å². The summed E-state index contributed by atoms with van der Waals surface area (Å²) in [5, 5.41) is 11.1. The first kappa shape index (κ1) is 18.9. The Bertz CT molecular complexity index is 596. The van der Waals surface area contributed by atoms with Crippen LogP contribution in [0.4, 0.5) is 0 Å². The number of rotatable bonds is 9. The summed E-state index contributed by atoms with van der Waals surface area (Å²) in [6, 6.07) is 5.43. The Morgan fingerprint density at radius 2 is 2.17 bits per heavy atom. The first-order chi connectivity index (χ1) is 11.6. The Hall–Kier alpha value is -1.41. The van der Waals surface area contributed by atoms with Crippen LogP contribution in [0.3, 0.4) is 0 Å². The molecule has 0 aliphatic carbocycles. The van der Waals surface area contributed by atoms with Crippen LogP contribution in [0.2, 0.25) is 5.02 Å². The zero-order valence-corrected chi connectivity index (χ0v) is 14.9. The molecule has 0 saturated carbocycles. The lowest BCUT2D eigenvalue weighted by molar-refractivity contribution is -0.259. The van der Waals surface area contributed by atoms with E-state index in [0.717, 1.165) is 36.9 Å². The molecule has 0 spiro atoms. The molecule has 1 aromatic carbocycles. The van der Waals surface area contributed by atoms with Gasteiger partial charge in [0.1, 0.15) is 5.75 Å². The summed E-state index contributed by atoms with van der Waals surface area (Å²) in [7, 11) is 1.59. The van der Waals surface area contributed by atoms with Crippen LogP contribution in [-0.4, -0.2) is 30.0 Å². The van der Waals surface area contributed by atoms with Gasteiger partial charge in [-0.3, -0.25) is 4.79 Å². The van der Waals surface area contributed by atoms with Crippen molar-refractivity contribution < 1.29 is 23.8 Å². The topological polar surface area (TPSA) is 68.2 Å². The number of carboxylic acid groups (broad SMARTS) is 1. The third-order valence-corrected chi connectivity index (χ3v) is 4.30. The van der Waals surface area contributed by atoms with Gasteiger partial charge in [-0.05, 0) is 30.2 Å². The number of aliphatic carboxylic acids is 1. The Balaban J connectivity index is 1.78. The average Bonchev–Trinajstić information content (AvgIpc) is 3.00. The average molecular weight is 374 g/mol. The summed E-state index contributed by atoms with van der Waals surface area (Å²) in [5.41, 5.74) is 0.739. The normalized spacial score (nSPS) is 16.3. The lowest BCUT2D eigenvalue weighted by Gasteiger charge is -2.10. The highest BCUT2D eigenvalue weighted by Gasteiger charge is 2.22. The molecule has 1 heterocycles. The molecule has 1 aromatic rings. The van der Waals surface area contributed by atoms with Crippen LogP contribution in [0, 0.1) is 0 Å². The summed E-state index contributed by atoms with van der Waals surface area (Å²) in [5.74, 6) is -0.0848. The molecule has 2 rings (SSSR count). The van der Waals surface area contributed by atoms with Crippen molar-refractivity contribution in [3.05, 3.63) is 33.9 Å². The van der Waals surface area contributed by atoms with Crippen molar-refractivity contribution in [2.45, 2.75) is 32.1 Å². The van der Waals surface area contributed by atoms with Gasteiger partial charge in [0.05, 0.1) is 30.7 Å². The quantitative estimate of drug-likeness (QED) is 0.504. The number of unbranched alkanes of at least 4 members (excludes halogenated alkanes) is 3. The molecule has 132 valence electrons. The molecule has 8 heteroatoms. The molecule has 1 N–H and O–H groups in total. The predicted molar refractivity (Wildman–Crippen MR) is 93.2 cm³/mol. The first-order valence-electron chi connectivity index (χ1n) is 7.66. The fourth-order valence-electron chi connectivity index (χ4n) is 2.17. The lowest BCUT2D eigenvalue weighted by Crippen LogP contribution is -2.16. The van der Waals surface area contributed by atoms with E-state index >= 15 is 0 Å². The molecule has 0 bridgehead atoms. The number of benzene rings is 1. The smallest absolute Gasteiger partial charge is 0.303 e. The Morgan fingerprint density at radius 1 is 1.38 bits per heavy atom. The molecule has 1 aliphatic heterocycles. The van der Waals surface area contributed by atoms with Gasteiger partial charge in [0.25, 0.3) is 0 Å². The molecule has 0 unspecified atom stereocenters. The second-order valence-corrected chi connectivity index (χ2v) is 6.31. The molecule has 0 aromatic heterocycles. The minimum atomic E-state index is -0.748. The van der Waals surface area contributed by atoms with Crippen LogP contribution >= 0.6 is 23.6 Å². The summed E-state index contributed by atoms with van der Waals surface area (Å²) < 4.78 is 10.7. The van der Waals surface area contributed by atoms with Gasteiger partial charge in [-0.1, -0.05) is 30.5 Å². The summed E-state index contributed by atoms with van der Waals surface area (Å²) in [6.45, 7) is 0.608. The van der Waals surface area contributed by atoms with Gasteiger partial charge in [0.2, 0.25) is 5.09 Å². The number of methoxy groups -OCH3 is 1. The van der Waals surface area contributed by atoms with Crippen LogP contribution in [0.1, 0.15) is 37.7 Å². The molecule has 24 heavy (non-hydrogen) atoms. The number of ether oxygens (including phenoxy) is 1. The zero-order chi connectivity index (χ0) is 17.4. The highest BCUT2D eigenvalue weighted by molar-refractivity contribution is 7.98. The fourth-order valence-corrected chi connectivity index (χ4v) is 2.93. The third-order valence-electron chi connectivity index (χ3n) is 3.37. The highest BCUT2D eigenvalue weighted by atomic mass is 35.5. The van der Waals surface area contributed by atoms with Gasteiger partial charge in [0.15, 0.2) is 0 Å². The molecule has 1 fully saturated rings. The molecule has 1 saturated heterocycles. The van der Waals surface area contributed by atoms with Gasteiger partial charge in [-0.2, -0.15) is 4.28 Å². The Kier molecular flexibility index (Phi) is 7.71. The third kappa shape index (κ3) is 5.90. The van der Waals surface area contributed by atoms with Gasteiger partial charge in [0, 0.05) is 18.1 Å². The molecule has 0 amide bonds. The number of carbonyl (C=O) groups is 1. The maximum Gasteiger partial charge on any atom is 0.303 e. The van der Waals surface area contributed by atoms with Crippen LogP contribution in [0.5, 0.6) is 5.75 Å². The second kappa shape index (κ2) is 9.78. The maximum absolute atomic E-state index is 10.4. The van der Waals surface area contributed by atoms with E-state index in [1.165, 1.54) is 5.23 Å². The number of nitrogens with zero attached hydrogens (tertiary/aromatic N) is 1. The summed E-state index contributed by atoms with van der Waals surface area (Å²) in [6.07, 6.45) is 5.37. The highest BCUT2D eigenvalue weighted by Crippen LogP contribution is 2.35. The molecular formula is C16H20ClNO5S. The van der Waals surface area contributed by atoms with Gasteiger partial charge >= 0.3 is 5.97 Å². The first-order valence-corrected chi connectivity index (χ1v) is 8.78. The van der Waals surface area contributed by atoms with Crippen molar-refractivity contribution in [1.82, 2.24) is 5.23 Å². The van der Waals surface area contributed by atoms with Gasteiger partial charge < -0.3 is 14.7 Å². The lowest BCUT2D eigenvalue weighted by atomic mass is 10.1. The molecule has 1 aliphatic rings. The number of hydroxylamine groups is 2. The summed E-state index contributed by atoms with van der Waals surface area (Å²) in [4.78, 5) is 16.0. The van der Waals surface area contributed by atoms with Gasteiger partial charge in [-0.25, -0.2) is 0 Å². The van der Waals surface area contributed by atoms with Crippen molar-refractivity contribution in [1.29, 1.82) is 0 Å². The SMILES string of the molecule is COc1cccc(Cl)c1/C=C1/ON(CCCCCCC(=O)O)OS1. The maximum atomic E-state index is 10.4. The van der Waals surface area contributed by atoms with E-state index in [9.17, 15) is 4.79 Å². The van der Waals surface area contributed by atoms with E-state index in [1.807, 2.05) is 12.1 Å². The van der Waals surface area contributed by atoms with Crippen molar-refractivity contribution in [2.24, 2.45) is 0 Å². The molecular weight excluding hydrogens is 354 g/mol. The Labute approximate surface area is 150 Å². The standard InChI is InChI=1S/C16H20ClNO5S/c1-21-14-8-6-7-13(17)12(14)11-16-22-18(23-24-16)10-5-3-2-4-9-15(19)20/h6-8,11H,2-5,9-10H2,1H3,(H,19,20)/b16-11-. The second-order valence-electron chi connectivity index (χ2n) is 5.18. The van der Waals surface area contributed by atoms with Crippen molar-refractivity contribution in [2.75, 3.05) is 13.7 Å². The van der Waals surface area contributed by atoms with Crippen molar-refractivity contribution in [3.8, 4) is 5.75 Å². The van der Waals surface area contributed by atoms with Crippen molar-refractivity contribution in [3.63, 3.8) is 0 Å². The van der Waals surface area contributed by atoms with Crippen LogP contribution in [0.15, 0.2) is 23.3 Å². The largest absolute Gasteiger partial charge is 0.496 e. The van der Waals surface area contributed by atoms with E-state index < -0.39 is 5.97 Å². The number of halogens is 1. The van der Waals surface area contributed by atoms with E-state index in [-0.39, 0.29) is 6.42 Å². The monoisotopic (exact) mass is 373 g/mol. The van der Waals surface area contributed by atoms with E-state index in [0.29, 0.717) is 28.8 Å². The van der Waals surface area contributed by atoms with Crippen LogP contribution in [-0.2, 0) is 13.9 Å². The predicted octanol–water partition coefficient (Wildman–Crippen LogP) is 4.51. The minimum absolute atomic E-state index is 0.221. The number of hydrogen-bond donors (Lipinski definition) is 1. The number of carboxylic acids is 1. The Morgan fingerprint density at radius 3 is 2.92 bits per heavy atom. The zero-order valence-electron chi connectivity index (χ0n) is 13.4. The molecule has 0 atom stereocenters. The van der Waals surface area contributed by atoms with E-state index in [1.54, 1.807) is 19.3 Å². The van der Waals surface area contributed by atoms with Crippen LogP contribution in [0.25, 0.3) is 6.08 Å². The van der Waals surface area contributed by atoms with E-state index in [2.05, 4.69) is 0 Å². The molecule has 6 nitrogen and oxygen atoms in total. The fraction of sp³-hybridized carbons (Fsp3) is 0.438. The summed E-state index contributed by atoms with van der Waals surface area (Å²) >= 11 is 7.31. The van der Waals surface area contributed by atoms with Gasteiger partial charge in [-0.15, -0.1) is 0 Å².